The van der Waals surface area contributed by atoms with Crippen molar-refractivity contribution in [1.82, 2.24) is 15.2 Å². The fourth-order valence-electron chi connectivity index (χ4n) is 2.27. The van der Waals surface area contributed by atoms with Crippen LogP contribution in [0.4, 0.5) is 0 Å². The molecule has 6 heteroatoms. The van der Waals surface area contributed by atoms with Crippen LogP contribution in [-0.4, -0.2) is 43.4 Å². The number of guanidine groups is 1. The van der Waals surface area contributed by atoms with E-state index in [0.717, 1.165) is 38.6 Å². The summed E-state index contributed by atoms with van der Waals surface area (Å²) in [6.45, 7) is 3.65. The van der Waals surface area contributed by atoms with Crippen molar-refractivity contribution in [2.45, 2.75) is 31.9 Å². The highest BCUT2D eigenvalue weighted by Gasteiger charge is 2.14. The summed E-state index contributed by atoms with van der Waals surface area (Å²) in [6, 6.07) is 4.07. The summed E-state index contributed by atoms with van der Waals surface area (Å²) in [4.78, 5) is 4.22. The van der Waals surface area contributed by atoms with Crippen LogP contribution < -0.4 is 10.6 Å². The average Bonchev–Trinajstić information content (AvgIpc) is 3.10. The van der Waals surface area contributed by atoms with Gasteiger partial charge in [-0.3, -0.25) is 4.99 Å². The Labute approximate surface area is 138 Å². The second-order valence-electron chi connectivity index (χ2n) is 4.77. The Hall–Kier alpha value is -0.760. The zero-order chi connectivity index (χ0) is 13.3. The smallest absolute Gasteiger partial charge is 0.191 e. The Morgan fingerprint density at radius 3 is 2.70 bits per heavy atom. The maximum Gasteiger partial charge on any atom is 0.191 e. The van der Waals surface area contributed by atoms with Gasteiger partial charge in [0.1, 0.15) is 0 Å². The number of hydrogen-bond donors (Lipinski definition) is 2. The van der Waals surface area contributed by atoms with E-state index in [1.807, 2.05) is 12.1 Å². The number of rotatable bonds is 6. The predicted molar refractivity (Wildman–Crippen MR) is 92.8 cm³/mol. The van der Waals surface area contributed by atoms with Crippen LogP contribution in [0.5, 0.6) is 0 Å². The minimum absolute atomic E-state index is 0. The van der Waals surface area contributed by atoms with E-state index < -0.39 is 0 Å². The number of aromatic nitrogens is 1. The van der Waals surface area contributed by atoms with E-state index in [4.69, 9.17) is 4.74 Å². The Bertz CT molecular complexity index is 375. The van der Waals surface area contributed by atoms with Crippen molar-refractivity contribution in [3.63, 3.8) is 0 Å². The van der Waals surface area contributed by atoms with Gasteiger partial charge in [-0.15, -0.1) is 24.0 Å². The molecule has 2 rings (SSSR count). The molecule has 1 aromatic rings. The summed E-state index contributed by atoms with van der Waals surface area (Å²) in [5, 5.41) is 6.64. The van der Waals surface area contributed by atoms with Crippen LogP contribution in [0.1, 0.15) is 19.3 Å². The maximum atomic E-state index is 5.59. The lowest BCUT2D eigenvalue weighted by Gasteiger charge is -2.14. The number of nitrogens with one attached hydrogen (secondary N) is 2. The Balaban J connectivity index is 0.00000200. The first-order valence-electron chi connectivity index (χ1n) is 7.05. The van der Waals surface area contributed by atoms with Crippen molar-refractivity contribution < 1.29 is 4.74 Å². The minimum Gasteiger partial charge on any atom is -0.378 e. The van der Waals surface area contributed by atoms with Gasteiger partial charge in [-0.05, 0) is 31.4 Å². The van der Waals surface area contributed by atoms with Crippen LogP contribution in [0.2, 0.25) is 0 Å². The summed E-state index contributed by atoms with van der Waals surface area (Å²) >= 11 is 0. The molecule has 0 amide bonds. The van der Waals surface area contributed by atoms with Gasteiger partial charge in [0.25, 0.3) is 0 Å². The molecular weight excluding hydrogens is 367 g/mol. The third-order valence-electron chi connectivity index (χ3n) is 3.33. The molecule has 1 unspecified atom stereocenters. The van der Waals surface area contributed by atoms with Crippen molar-refractivity contribution >= 4 is 29.9 Å². The van der Waals surface area contributed by atoms with Gasteiger partial charge in [0, 0.05) is 45.7 Å². The molecule has 114 valence electrons. The van der Waals surface area contributed by atoms with Crippen molar-refractivity contribution in [3.05, 3.63) is 24.5 Å². The van der Waals surface area contributed by atoms with Gasteiger partial charge in [0.2, 0.25) is 0 Å². The fraction of sp³-hybridized carbons (Fsp3) is 0.643. The van der Waals surface area contributed by atoms with Crippen molar-refractivity contribution in [3.8, 4) is 0 Å². The second-order valence-corrected chi connectivity index (χ2v) is 4.77. The SMILES string of the molecule is CN=C(NCCC1CCCO1)NCCn1cccc1.I. The topological polar surface area (TPSA) is 50.6 Å². The second kappa shape index (κ2) is 10.0. The van der Waals surface area contributed by atoms with Crippen molar-refractivity contribution in [1.29, 1.82) is 0 Å². The van der Waals surface area contributed by atoms with Gasteiger partial charge in [0.15, 0.2) is 5.96 Å². The average molecular weight is 392 g/mol. The first-order valence-corrected chi connectivity index (χ1v) is 7.05. The minimum atomic E-state index is 0. The number of aliphatic imine (C=N–C) groups is 1. The van der Waals surface area contributed by atoms with Gasteiger partial charge in [-0.2, -0.15) is 0 Å². The molecule has 1 fully saturated rings. The highest BCUT2D eigenvalue weighted by molar-refractivity contribution is 14.0. The van der Waals surface area contributed by atoms with Crippen LogP contribution in [0.3, 0.4) is 0 Å². The van der Waals surface area contributed by atoms with E-state index in [9.17, 15) is 0 Å². The van der Waals surface area contributed by atoms with Crippen LogP contribution in [0, 0.1) is 0 Å². The van der Waals surface area contributed by atoms with Crippen LogP contribution in [0.25, 0.3) is 0 Å². The van der Waals surface area contributed by atoms with Crippen LogP contribution in [-0.2, 0) is 11.3 Å². The highest BCUT2D eigenvalue weighted by Crippen LogP contribution is 2.14. The van der Waals surface area contributed by atoms with E-state index in [0.29, 0.717) is 6.10 Å². The molecule has 1 aliphatic rings. The lowest BCUT2D eigenvalue weighted by molar-refractivity contribution is 0.105. The molecule has 5 nitrogen and oxygen atoms in total. The Kier molecular flexibility index (Phi) is 8.68. The maximum absolute atomic E-state index is 5.59. The predicted octanol–water partition coefficient (Wildman–Crippen LogP) is 1.84. The molecule has 0 aliphatic carbocycles. The van der Waals surface area contributed by atoms with Crippen molar-refractivity contribution in [2.75, 3.05) is 26.7 Å². The van der Waals surface area contributed by atoms with E-state index in [-0.39, 0.29) is 24.0 Å². The molecule has 1 saturated heterocycles. The lowest BCUT2D eigenvalue weighted by Crippen LogP contribution is -2.39. The number of hydrogen-bond acceptors (Lipinski definition) is 2. The first kappa shape index (κ1) is 17.3. The summed E-state index contributed by atoms with van der Waals surface area (Å²) in [7, 11) is 1.80. The van der Waals surface area contributed by atoms with Crippen LogP contribution >= 0.6 is 24.0 Å². The van der Waals surface area contributed by atoms with Gasteiger partial charge in [0.05, 0.1) is 6.10 Å². The molecular formula is C14H25IN4O. The molecule has 1 aromatic heterocycles. The third-order valence-corrected chi connectivity index (χ3v) is 3.33. The molecule has 0 bridgehead atoms. The Morgan fingerprint density at radius 1 is 1.30 bits per heavy atom. The molecule has 2 heterocycles. The zero-order valence-electron chi connectivity index (χ0n) is 12.0. The summed E-state index contributed by atoms with van der Waals surface area (Å²) in [6.07, 6.45) is 8.02. The van der Waals surface area contributed by atoms with E-state index in [1.165, 1.54) is 12.8 Å². The fourth-order valence-corrected chi connectivity index (χ4v) is 2.27. The summed E-state index contributed by atoms with van der Waals surface area (Å²) in [5.74, 6) is 0.866. The van der Waals surface area contributed by atoms with Crippen molar-refractivity contribution in [2.24, 2.45) is 4.99 Å². The molecule has 2 N–H and O–H groups in total. The number of nitrogens with zero attached hydrogens (tertiary/aromatic N) is 2. The molecule has 1 atom stereocenters. The van der Waals surface area contributed by atoms with Gasteiger partial charge in [-0.25, -0.2) is 0 Å². The third kappa shape index (κ3) is 6.13. The van der Waals surface area contributed by atoms with Gasteiger partial charge >= 0.3 is 0 Å². The van der Waals surface area contributed by atoms with Gasteiger partial charge in [-0.1, -0.05) is 0 Å². The standard InChI is InChI=1S/C14H24N4O.HI/c1-15-14(16-7-6-13-5-4-12-19-13)17-8-11-18-9-2-3-10-18;/h2-3,9-10,13H,4-8,11-12H2,1H3,(H2,15,16,17);1H. The van der Waals surface area contributed by atoms with Gasteiger partial charge < -0.3 is 19.9 Å². The highest BCUT2D eigenvalue weighted by atomic mass is 127. The monoisotopic (exact) mass is 392 g/mol. The van der Waals surface area contributed by atoms with E-state index in [1.54, 1.807) is 7.05 Å². The van der Waals surface area contributed by atoms with E-state index >= 15 is 0 Å². The normalized spacial score (nSPS) is 18.6. The number of ether oxygens (including phenoxy) is 1. The first-order chi connectivity index (χ1) is 9.38. The largest absolute Gasteiger partial charge is 0.378 e. The summed E-state index contributed by atoms with van der Waals surface area (Å²) in [5.41, 5.74) is 0. The lowest BCUT2D eigenvalue weighted by atomic mass is 10.2. The molecule has 0 spiro atoms. The van der Waals surface area contributed by atoms with E-state index in [2.05, 4.69) is 32.6 Å². The molecule has 0 saturated carbocycles. The quantitative estimate of drug-likeness (QED) is 0.441. The molecule has 0 aromatic carbocycles. The zero-order valence-corrected chi connectivity index (χ0v) is 14.4. The van der Waals surface area contributed by atoms with Crippen LogP contribution in [0.15, 0.2) is 29.5 Å². The molecule has 1 aliphatic heterocycles. The molecule has 20 heavy (non-hydrogen) atoms. The Morgan fingerprint density at radius 2 is 2.05 bits per heavy atom. The number of halogens is 1. The summed E-state index contributed by atoms with van der Waals surface area (Å²) < 4.78 is 7.74. The molecule has 0 radical (unpaired) electrons.